The summed E-state index contributed by atoms with van der Waals surface area (Å²) in [6.07, 6.45) is 2.74. The van der Waals surface area contributed by atoms with E-state index in [1.165, 1.54) is 11.3 Å². The predicted octanol–water partition coefficient (Wildman–Crippen LogP) is 4.42. The quantitative estimate of drug-likeness (QED) is 0.736. The van der Waals surface area contributed by atoms with Crippen molar-refractivity contribution < 1.29 is 9.47 Å². The van der Waals surface area contributed by atoms with E-state index in [4.69, 9.17) is 9.47 Å². The van der Waals surface area contributed by atoms with Crippen molar-refractivity contribution in [2.45, 2.75) is 20.3 Å². The third kappa shape index (κ3) is 4.33. The second-order valence-corrected chi connectivity index (χ2v) is 6.38. The SMILES string of the molecule is COc1ccc(C=C(C#N)c2nc(CC(C)C)cs2)cc1OC. The molecule has 0 aliphatic rings. The van der Waals surface area contributed by atoms with Gasteiger partial charge in [0.05, 0.1) is 25.5 Å². The van der Waals surface area contributed by atoms with Crippen molar-refractivity contribution in [2.75, 3.05) is 14.2 Å². The normalized spacial score (nSPS) is 11.4. The van der Waals surface area contributed by atoms with Crippen LogP contribution in [0.2, 0.25) is 0 Å². The van der Waals surface area contributed by atoms with Gasteiger partial charge in [-0.2, -0.15) is 5.26 Å². The van der Waals surface area contributed by atoms with Crippen LogP contribution in [-0.4, -0.2) is 19.2 Å². The predicted molar refractivity (Wildman–Crippen MR) is 93.7 cm³/mol. The zero-order valence-electron chi connectivity index (χ0n) is 13.8. The van der Waals surface area contributed by atoms with Crippen molar-refractivity contribution in [3.8, 4) is 17.6 Å². The van der Waals surface area contributed by atoms with Crippen molar-refractivity contribution in [3.63, 3.8) is 0 Å². The van der Waals surface area contributed by atoms with Crippen molar-refractivity contribution in [2.24, 2.45) is 5.92 Å². The van der Waals surface area contributed by atoms with Gasteiger partial charge >= 0.3 is 0 Å². The third-order valence-electron chi connectivity index (χ3n) is 3.24. The third-order valence-corrected chi connectivity index (χ3v) is 4.16. The lowest BCUT2D eigenvalue weighted by atomic mass is 10.1. The number of nitriles is 1. The van der Waals surface area contributed by atoms with Crippen LogP contribution in [0.25, 0.3) is 11.6 Å². The lowest BCUT2D eigenvalue weighted by Crippen LogP contribution is -1.94. The van der Waals surface area contributed by atoms with Gasteiger partial charge in [0.15, 0.2) is 11.5 Å². The summed E-state index contributed by atoms with van der Waals surface area (Å²) in [6, 6.07) is 7.80. The topological polar surface area (TPSA) is 55.1 Å². The number of nitrogens with zero attached hydrogens (tertiary/aromatic N) is 2. The number of benzene rings is 1. The minimum absolute atomic E-state index is 0.547. The molecule has 0 aliphatic heterocycles. The summed E-state index contributed by atoms with van der Waals surface area (Å²) in [5.74, 6) is 1.85. The van der Waals surface area contributed by atoms with Gasteiger partial charge in [-0.3, -0.25) is 0 Å². The average Bonchev–Trinajstić information content (AvgIpc) is 2.99. The van der Waals surface area contributed by atoms with Gasteiger partial charge in [0, 0.05) is 5.38 Å². The van der Waals surface area contributed by atoms with E-state index in [1.54, 1.807) is 14.2 Å². The lowest BCUT2D eigenvalue weighted by Gasteiger charge is -2.07. The van der Waals surface area contributed by atoms with Crippen LogP contribution in [-0.2, 0) is 6.42 Å². The molecule has 0 fully saturated rings. The summed E-state index contributed by atoms with van der Waals surface area (Å²) in [7, 11) is 3.19. The highest BCUT2D eigenvalue weighted by molar-refractivity contribution is 7.11. The maximum absolute atomic E-state index is 9.45. The first-order valence-corrected chi connectivity index (χ1v) is 8.24. The first-order valence-electron chi connectivity index (χ1n) is 7.36. The second kappa shape index (κ2) is 7.80. The van der Waals surface area contributed by atoms with Gasteiger partial charge in [0.1, 0.15) is 11.1 Å². The van der Waals surface area contributed by atoms with Crippen LogP contribution >= 0.6 is 11.3 Å². The fourth-order valence-electron chi connectivity index (χ4n) is 2.19. The molecule has 2 rings (SSSR count). The number of hydrogen-bond donors (Lipinski definition) is 0. The zero-order valence-corrected chi connectivity index (χ0v) is 14.6. The number of allylic oxidation sites excluding steroid dienone is 1. The van der Waals surface area contributed by atoms with Gasteiger partial charge in [-0.05, 0) is 36.1 Å². The van der Waals surface area contributed by atoms with Gasteiger partial charge in [-0.15, -0.1) is 11.3 Å². The minimum atomic E-state index is 0.547. The van der Waals surface area contributed by atoms with E-state index >= 15 is 0 Å². The summed E-state index contributed by atoms with van der Waals surface area (Å²) in [5, 5.41) is 12.2. The molecule has 23 heavy (non-hydrogen) atoms. The fraction of sp³-hybridized carbons (Fsp3) is 0.333. The molecule has 1 heterocycles. The Morgan fingerprint density at radius 2 is 2.04 bits per heavy atom. The molecule has 0 spiro atoms. The Balaban J connectivity index is 2.32. The van der Waals surface area contributed by atoms with E-state index in [0.29, 0.717) is 23.0 Å². The van der Waals surface area contributed by atoms with Crippen LogP contribution < -0.4 is 9.47 Å². The summed E-state index contributed by atoms with van der Waals surface area (Å²) in [5.41, 5.74) is 2.46. The lowest BCUT2D eigenvalue weighted by molar-refractivity contribution is 0.355. The Morgan fingerprint density at radius 1 is 1.30 bits per heavy atom. The van der Waals surface area contributed by atoms with Gasteiger partial charge < -0.3 is 9.47 Å². The first-order chi connectivity index (χ1) is 11.1. The Bertz CT molecular complexity index is 742. The van der Waals surface area contributed by atoms with Crippen molar-refractivity contribution >= 4 is 23.0 Å². The molecular weight excluding hydrogens is 308 g/mol. The summed E-state index contributed by atoms with van der Waals surface area (Å²) in [4.78, 5) is 4.57. The largest absolute Gasteiger partial charge is 0.493 e. The average molecular weight is 328 g/mol. The van der Waals surface area contributed by atoms with Gasteiger partial charge in [-0.1, -0.05) is 19.9 Å². The van der Waals surface area contributed by atoms with Crippen LogP contribution in [0.5, 0.6) is 11.5 Å². The molecule has 0 atom stereocenters. The number of hydrogen-bond acceptors (Lipinski definition) is 5. The number of ether oxygens (including phenoxy) is 2. The van der Waals surface area contributed by atoms with Gasteiger partial charge in [0.25, 0.3) is 0 Å². The molecule has 120 valence electrons. The summed E-state index contributed by atoms with van der Waals surface area (Å²) >= 11 is 1.50. The van der Waals surface area contributed by atoms with E-state index < -0.39 is 0 Å². The van der Waals surface area contributed by atoms with Gasteiger partial charge in [0.2, 0.25) is 0 Å². The van der Waals surface area contributed by atoms with Crippen LogP contribution in [0.3, 0.4) is 0 Å². The Labute approximate surface area is 141 Å². The van der Waals surface area contributed by atoms with Crippen LogP contribution in [0.1, 0.15) is 30.1 Å². The highest BCUT2D eigenvalue weighted by atomic mass is 32.1. The molecule has 1 aromatic heterocycles. The monoisotopic (exact) mass is 328 g/mol. The molecule has 0 unspecified atom stereocenters. The number of thiazole rings is 1. The van der Waals surface area contributed by atoms with Crippen molar-refractivity contribution in [3.05, 3.63) is 39.8 Å². The second-order valence-electron chi connectivity index (χ2n) is 5.53. The maximum Gasteiger partial charge on any atom is 0.161 e. The highest BCUT2D eigenvalue weighted by Crippen LogP contribution is 2.30. The van der Waals surface area contributed by atoms with E-state index in [-0.39, 0.29) is 0 Å². The van der Waals surface area contributed by atoms with E-state index in [2.05, 4.69) is 24.9 Å². The molecule has 5 heteroatoms. The number of rotatable bonds is 6. The molecule has 0 N–H and O–H groups in total. The molecule has 4 nitrogen and oxygen atoms in total. The first kappa shape index (κ1) is 17.0. The summed E-state index contributed by atoms with van der Waals surface area (Å²) in [6.45, 7) is 4.31. The van der Waals surface area contributed by atoms with E-state index in [0.717, 1.165) is 22.7 Å². The van der Waals surface area contributed by atoms with Crippen LogP contribution in [0.15, 0.2) is 23.6 Å². The van der Waals surface area contributed by atoms with E-state index in [9.17, 15) is 5.26 Å². The fourth-order valence-corrected chi connectivity index (χ4v) is 2.99. The Hall–Kier alpha value is -2.32. The molecule has 0 radical (unpaired) electrons. The number of methoxy groups -OCH3 is 2. The molecule has 2 aromatic rings. The van der Waals surface area contributed by atoms with Gasteiger partial charge in [-0.25, -0.2) is 4.98 Å². The summed E-state index contributed by atoms with van der Waals surface area (Å²) < 4.78 is 10.5. The maximum atomic E-state index is 9.45. The molecule has 0 bridgehead atoms. The Morgan fingerprint density at radius 3 is 2.65 bits per heavy atom. The van der Waals surface area contributed by atoms with Crippen LogP contribution in [0, 0.1) is 17.2 Å². The van der Waals surface area contributed by atoms with Crippen molar-refractivity contribution in [1.82, 2.24) is 4.98 Å². The molecule has 1 aromatic carbocycles. The molecular formula is C18H20N2O2S. The molecule has 0 aliphatic carbocycles. The number of aromatic nitrogens is 1. The van der Waals surface area contributed by atoms with Crippen LogP contribution in [0.4, 0.5) is 0 Å². The molecule has 0 saturated carbocycles. The zero-order chi connectivity index (χ0) is 16.8. The Kier molecular flexibility index (Phi) is 5.78. The van der Waals surface area contributed by atoms with E-state index in [1.807, 2.05) is 29.7 Å². The van der Waals surface area contributed by atoms with Crippen molar-refractivity contribution in [1.29, 1.82) is 5.26 Å². The smallest absolute Gasteiger partial charge is 0.161 e. The molecule has 0 saturated heterocycles. The molecule has 0 amide bonds. The highest BCUT2D eigenvalue weighted by Gasteiger charge is 2.10. The minimum Gasteiger partial charge on any atom is -0.493 e. The standard InChI is InChI=1S/C18H20N2O2S/c1-12(2)7-15-11-23-18(20-15)14(10-19)8-13-5-6-16(21-3)17(9-13)22-4/h5-6,8-9,11-12H,7H2,1-4H3.